The van der Waals surface area contributed by atoms with Crippen LogP contribution in [0.25, 0.3) is 22.2 Å². The van der Waals surface area contributed by atoms with E-state index in [1.54, 1.807) is 0 Å². The first kappa shape index (κ1) is 35.3. The number of aryl methyl sites for hydroxylation is 1. The molecule has 2 aliphatic heterocycles. The van der Waals surface area contributed by atoms with E-state index in [1.165, 1.54) is 5.69 Å². The van der Waals surface area contributed by atoms with Crippen LogP contribution in [0.15, 0.2) is 91.0 Å². The fourth-order valence-electron chi connectivity index (χ4n) is 7.18. The van der Waals surface area contributed by atoms with Gasteiger partial charge < -0.3 is 24.0 Å². The molecule has 272 valence electrons. The van der Waals surface area contributed by atoms with Crippen LogP contribution in [0.1, 0.15) is 44.7 Å². The summed E-state index contributed by atoms with van der Waals surface area (Å²) < 4.78 is 20.1. The van der Waals surface area contributed by atoms with Gasteiger partial charge in [-0.15, -0.1) is 0 Å². The molecule has 2 aromatic heterocycles. The summed E-state index contributed by atoms with van der Waals surface area (Å²) in [7, 11) is 2.02. The third kappa shape index (κ3) is 8.50. The topological polar surface area (TPSA) is 85.2 Å². The molecule has 1 amide bonds. The SMILES string of the molecule is Cn1nc(-c2ccc(OCc3ccccc3)nc2OCc2ccccc2)c2cccc(N3CCC(CN4CCN(C(=O)OC(C)(C)C)CC4)CC3)c21. The van der Waals surface area contributed by atoms with Crippen LogP contribution < -0.4 is 14.4 Å². The number of amides is 1. The van der Waals surface area contributed by atoms with Gasteiger partial charge in [0.2, 0.25) is 11.8 Å². The van der Waals surface area contributed by atoms with Crippen molar-refractivity contribution in [2.45, 2.75) is 52.4 Å². The van der Waals surface area contributed by atoms with E-state index in [0.29, 0.717) is 30.9 Å². The van der Waals surface area contributed by atoms with Crippen LogP contribution in [0.2, 0.25) is 0 Å². The molecule has 0 atom stereocenters. The monoisotopic (exact) mass is 702 g/mol. The summed E-state index contributed by atoms with van der Waals surface area (Å²) in [5.41, 5.74) is 5.64. The Balaban J connectivity index is 1.05. The molecule has 0 radical (unpaired) electrons. The average molecular weight is 703 g/mol. The molecule has 0 spiro atoms. The second kappa shape index (κ2) is 15.7. The zero-order chi connectivity index (χ0) is 36.1. The third-order valence-corrected chi connectivity index (χ3v) is 9.88. The van der Waals surface area contributed by atoms with Gasteiger partial charge in [0.25, 0.3) is 0 Å². The minimum atomic E-state index is -0.468. The van der Waals surface area contributed by atoms with Gasteiger partial charge in [-0.05, 0) is 62.8 Å². The quantitative estimate of drug-likeness (QED) is 0.148. The number of fused-ring (bicyclic) bond motifs is 1. The molecular formula is C42H50N6O4. The smallest absolute Gasteiger partial charge is 0.410 e. The van der Waals surface area contributed by atoms with Gasteiger partial charge in [-0.2, -0.15) is 10.1 Å². The molecule has 5 aromatic rings. The molecule has 10 nitrogen and oxygen atoms in total. The second-order valence-electron chi connectivity index (χ2n) is 14.9. The van der Waals surface area contributed by atoms with Gasteiger partial charge in [-0.1, -0.05) is 72.8 Å². The minimum absolute atomic E-state index is 0.204. The standard InChI is InChI=1S/C42H50N6O4/c1-42(2,3)52-41(49)48-26-24-46(25-27-48)28-31-20-22-47(23-21-31)36-17-11-16-34-38(44-45(4)39(34)36)35-18-19-37(50-29-32-12-7-5-8-13-32)43-40(35)51-30-33-14-9-6-10-15-33/h5-19,31H,20-30H2,1-4H3. The van der Waals surface area contributed by atoms with Crippen LogP contribution in [-0.4, -0.2) is 82.1 Å². The first-order chi connectivity index (χ1) is 25.2. The van der Waals surface area contributed by atoms with Crippen molar-refractivity contribution in [1.29, 1.82) is 0 Å². The lowest BCUT2D eigenvalue weighted by Crippen LogP contribution is -2.51. The summed E-state index contributed by atoms with van der Waals surface area (Å²) in [5.74, 6) is 1.63. The third-order valence-electron chi connectivity index (χ3n) is 9.88. The lowest BCUT2D eigenvalue weighted by atomic mass is 9.95. The number of rotatable bonds is 10. The molecule has 0 aliphatic carbocycles. The van der Waals surface area contributed by atoms with Crippen molar-refractivity contribution >= 4 is 22.7 Å². The van der Waals surface area contributed by atoms with Crippen molar-refractivity contribution in [2.75, 3.05) is 50.7 Å². The summed E-state index contributed by atoms with van der Waals surface area (Å²) in [4.78, 5) is 24.2. The minimum Gasteiger partial charge on any atom is -0.473 e. The van der Waals surface area contributed by atoms with E-state index in [-0.39, 0.29) is 6.09 Å². The molecule has 0 N–H and O–H groups in total. The van der Waals surface area contributed by atoms with E-state index in [1.807, 2.05) is 110 Å². The Morgan fingerprint density at radius 3 is 2.08 bits per heavy atom. The normalized spacial score (nSPS) is 15.9. The number of benzene rings is 3. The van der Waals surface area contributed by atoms with Gasteiger partial charge in [-0.25, -0.2) is 4.79 Å². The number of carbonyl (C=O) groups is 1. The molecule has 2 saturated heterocycles. The van der Waals surface area contributed by atoms with Crippen LogP contribution in [0.4, 0.5) is 10.5 Å². The van der Waals surface area contributed by atoms with E-state index >= 15 is 0 Å². The zero-order valence-corrected chi connectivity index (χ0v) is 30.8. The summed E-state index contributed by atoms with van der Waals surface area (Å²) >= 11 is 0. The molecule has 10 heteroatoms. The maximum atomic E-state index is 12.5. The van der Waals surface area contributed by atoms with E-state index in [2.05, 4.69) is 28.0 Å². The number of hydrogen-bond acceptors (Lipinski definition) is 8. The summed E-state index contributed by atoms with van der Waals surface area (Å²) in [6.07, 6.45) is 2.04. The molecule has 0 saturated carbocycles. The van der Waals surface area contributed by atoms with Gasteiger partial charge in [-0.3, -0.25) is 9.58 Å². The Morgan fingerprint density at radius 2 is 1.42 bits per heavy atom. The Morgan fingerprint density at radius 1 is 0.769 bits per heavy atom. The van der Waals surface area contributed by atoms with E-state index in [4.69, 9.17) is 24.3 Å². The number of aromatic nitrogens is 3. The summed E-state index contributed by atoms with van der Waals surface area (Å²) in [5, 5.41) is 6.13. The van der Waals surface area contributed by atoms with E-state index < -0.39 is 5.60 Å². The van der Waals surface area contributed by atoms with E-state index in [0.717, 1.165) is 91.9 Å². The highest BCUT2D eigenvalue weighted by atomic mass is 16.6. The second-order valence-corrected chi connectivity index (χ2v) is 14.9. The van der Waals surface area contributed by atoms with E-state index in [9.17, 15) is 4.79 Å². The van der Waals surface area contributed by atoms with Crippen molar-refractivity contribution in [2.24, 2.45) is 13.0 Å². The Kier molecular flexibility index (Phi) is 10.6. The van der Waals surface area contributed by atoms with Crippen molar-refractivity contribution in [3.8, 4) is 23.0 Å². The van der Waals surface area contributed by atoms with Gasteiger partial charge in [0.1, 0.15) is 24.5 Å². The fourth-order valence-corrected chi connectivity index (χ4v) is 7.18. The number of nitrogens with zero attached hydrogens (tertiary/aromatic N) is 6. The van der Waals surface area contributed by atoms with Crippen molar-refractivity contribution < 1.29 is 19.0 Å². The van der Waals surface area contributed by atoms with Crippen molar-refractivity contribution in [1.82, 2.24) is 24.6 Å². The largest absolute Gasteiger partial charge is 0.473 e. The predicted octanol–water partition coefficient (Wildman–Crippen LogP) is 7.56. The number of piperazine rings is 1. The summed E-state index contributed by atoms with van der Waals surface area (Å²) in [6, 6.07) is 30.6. The van der Waals surface area contributed by atoms with Crippen molar-refractivity contribution in [3.63, 3.8) is 0 Å². The lowest BCUT2D eigenvalue weighted by Gasteiger charge is -2.39. The molecule has 3 aromatic carbocycles. The molecular weight excluding hydrogens is 653 g/mol. The molecule has 4 heterocycles. The Labute approximate surface area is 306 Å². The number of hydrogen-bond donors (Lipinski definition) is 0. The first-order valence-electron chi connectivity index (χ1n) is 18.5. The van der Waals surface area contributed by atoms with Crippen LogP contribution in [0, 0.1) is 5.92 Å². The van der Waals surface area contributed by atoms with Crippen LogP contribution >= 0.6 is 0 Å². The highest BCUT2D eigenvalue weighted by Crippen LogP contribution is 2.39. The highest BCUT2D eigenvalue weighted by Gasteiger charge is 2.29. The van der Waals surface area contributed by atoms with Gasteiger partial charge in [0.05, 0.1) is 16.8 Å². The Hall–Kier alpha value is -5.09. The highest BCUT2D eigenvalue weighted by molar-refractivity contribution is 6.01. The van der Waals surface area contributed by atoms with Gasteiger partial charge >= 0.3 is 6.09 Å². The van der Waals surface area contributed by atoms with Crippen LogP contribution in [0.5, 0.6) is 11.8 Å². The van der Waals surface area contributed by atoms with Gasteiger partial charge in [0, 0.05) is 64.3 Å². The average Bonchev–Trinajstić information content (AvgIpc) is 3.50. The molecule has 52 heavy (non-hydrogen) atoms. The molecule has 7 rings (SSSR count). The molecule has 0 unspecified atom stereocenters. The van der Waals surface area contributed by atoms with Crippen LogP contribution in [0.3, 0.4) is 0 Å². The number of anilines is 1. The first-order valence-corrected chi connectivity index (χ1v) is 18.5. The maximum absolute atomic E-state index is 12.5. The zero-order valence-electron chi connectivity index (χ0n) is 30.8. The molecule has 0 bridgehead atoms. The summed E-state index contributed by atoms with van der Waals surface area (Å²) in [6.45, 7) is 12.8. The number of carbonyl (C=O) groups excluding carboxylic acids is 1. The maximum Gasteiger partial charge on any atom is 0.410 e. The number of ether oxygens (including phenoxy) is 3. The number of para-hydroxylation sites is 1. The number of piperidine rings is 1. The molecule has 2 aliphatic rings. The predicted molar refractivity (Wildman–Crippen MR) is 205 cm³/mol. The van der Waals surface area contributed by atoms with Gasteiger partial charge in [0.15, 0.2) is 0 Å². The Bertz CT molecular complexity index is 1940. The fraction of sp³-hybridized carbons (Fsp3) is 0.405. The van der Waals surface area contributed by atoms with Crippen molar-refractivity contribution in [3.05, 3.63) is 102 Å². The van der Waals surface area contributed by atoms with Crippen LogP contribution in [-0.2, 0) is 25.0 Å². The lowest BCUT2D eigenvalue weighted by molar-refractivity contribution is 0.0130. The number of pyridine rings is 1. The molecule has 2 fully saturated rings.